The normalized spacial score (nSPS) is 16.5. The Morgan fingerprint density at radius 3 is 2.77 bits per heavy atom. The van der Waals surface area contributed by atoms with Crippen molar-refractivity contribution in [2.24, 2.45) is 5.41 Å². The molecule has 30 heavy (non-hydrogen) atoms. The van der Waals surface area contributed by atoms with E-state index >= 15 is 0 Å². The third-order valence-corrected chi connectivity index (χ3v) is 4.81. The molecule has 2 aromatic rings. The van der Waals surface area contributed by atoms with Crippen LogP contribution in [0.2, 0.25) is 0 Å². The van der Waals surface area contributed by atoms with Crippen molar-refractivity contribution in [3.63, 3.8) is 0 Å². The smallest absolute Gasteiger partial charge is 0.274 e. The molecule has 0 aliphatic carbocycles. The van der Waals surface area contributed by atoms with Gasteiger partial charge in [0.15, 0.2) is 5.69 Å². The van der Waals surface area contributed by atoms with Crippen molar-refractivity contribution in [3.05, 3.63) is 41.5 Å². The van der Waals surface area contributed by atoms with Crippen LogP contribution in [0.4, 0.5) is 5.69 Å². The van der Waals surface area contributed by atoms with Crippen molar-refractivity contribution in [2.75, 3.05) is 18.5 Å². The fourth-order valence-corrected chi connectivity index (χ4v) is 2.95. The SMILES string of the molecule is Cc1ccc(C(=O)Nc2cn(C3CCCCO3)nc2C(=O)NCC(C)(C)C#N)cn1. The minimum atomic E-state index is -0.721. The molecule has 0 aromatic carbocycles. The average Bonchev–Trinajstić information content (AvgIpc) is 3.17. The number of nitrogens with one attached hydrogen (secondary N) is 2. The predicted molar refractivity (Wildman–Crippen MR) is 110 cm³/mol. The van der Waals surface area contributed by atoms with Gasteiger partial charge in [0.25, 0.3) is 11.8 Å². The Morgan fingerprint density at radius 1 is 1.33 bits per heavy atom. The van der Waals surface area contributed by atoms with Gasteiger partial charge in [0.2, 0.25) is 0 Å². The van der Waals surface area contributed by atoms with Gasteiger partial charge < -0.3 is 15.4 Å². The Kier molecular flexibility index (Phi) is 6.47. The minimum Gasteiger partial charge on any atom is -0.357 e. The Morgan fingerprint density at radius 2 is 2.13 bits per heavy atom. The van der Waals surface area contributed by atoms with Crippen LogP contribution >= 0.6 is 0 Å². The van der Waals surface area contributed by atoms with E-state index in [0.29, 0.717) is 12.2 Å². The van der Waals surface area contributed by atoms with Crippen molar-refractivity contribution in [1.29, 1.82) is 5.26 Å². The molecule has 3 rings (SSSR count). The number of ether oxygens (including phenoxy) is 1. The van der Waals surface area contributed by atoms with E-state index in [1.165, 1.54) is 6.20 Å². The van der Waals surface area contributed by atoms with Crippen molar-refractivity contribution < 1.29 is 14.3 Å². The van der Waals surface area contributed by atoms with Crippen LogP contribution in [0.25, 0.3) is 0 Å². The van der Waals surface area contributed by atoms with Gasteiger partial charge in [-0.15, -0.1) is 0 Å². The second-order valence-electron chi connectivity index (χ2n) is 8.01. The van der Waals surface area contributed by atoms with Gasteiger partial charge in [-0.2, -0.15) is 10.4 Å². The first-order valence-electron chi connectivity index (χ1n) is 9.93. The van der Waals surface area contributed by atoms with Gasteiger partial charge in [-0.3, -0.25) is 14.6 Å². The molecule has 0 spiro atoms. The number of carbonyl (C=O) groups is 2. The number of pyridine rings is 1. The maximum atomic E-state index is 12.8. The average molecular weight is 410 g/mol. The molecule has 2 amide bonds. The van der Waals surface area contributed by atoms with Crippen molar-refractivity contribution in [2.45, 2.75) is 46.3 Å². The maximum absolute atomic E-state index is 12.8. The van der Waals surface area contributed by atoms with Crippen molar-refractivity contribution in [3.8, 4) is 6.07 Å². The van der Waals surface area contributed by atoms with Gasteiger partial charge in [0, 0.05) is 25.0 Å². The Bertz CT molecular complexity index is 952. The Labute approximate surface area is 175 Å². The number of nitrogens with zero attached hydrogens (tertiary/aromatic N) is 4. The summed E-state index contributed by atoms with van der Waals surface area (Å²) in [7, 11) is 0. The Hall–Kier alpha value is -3.25. The zero-order chi connectivity index (χ0) is 21.7. The zero-order valence-electron chi connectivity index (χ0n) is 17.4. The number of carbonyl (C=O) groups excluding carboxylic acids is 2. The van der Waals surface area contributed by atoms with Crippen molar-refractivity contribution in [1.82, 2.24) is 20.1 Å². The zero-order valence-corrected chi connectivity index (χ0v) is 17.4. The Balaban J connectivity index is 1.84. The molecular formula is C21H26N6O3. The number of hydrogen-bond acceptors (Lipinski definition) is 6. The van der Waals surface area contributed by atoms with Gasteiger partial charge >= 0.3 is 0 Å². The monoisotopic (exact) mass is 410 g/mol. The number of aromatic nitrogens is 3. The molecule has 9 nitrogen and oxygen atoms in total. The highest BCUT2D eigenvalue weighted by molar-refractivity contribution is 6.08. The summed E-state index contributed by atoms with van der Waals surface area (Å²) in [6.07, 6.45) is 5.57. The third-order valence-electron chi connectivity index (χ3n) is 4.81. The molecule has 1 aliphatic heterocycles. The lowest BCUT2D eigenvalue weighted by molar-refractivity contribution is -0.0395. The van der Waals surface area contributed by atoms with Crippen LogP contribution in [-0.2, 0) is 4.74 Å². The lowest BCUT2D eigenvalue weighted by atomic mass is 9.96. The first kappa shape index (κ1) is 21.5. The second kappa shape index (κ2) is 9.05. The highest BCUT2D eigenvalue weighted by Crippen LogP contribution is 2.25. The summed E-state index contributed by atoms with van der Waals surface area (Å²) in [6, 6.07) is 5.55. The summed E-state index contributed by atoms with van der Waals surface area (Å²) in [6.45, 7) is 6.08. The quantitative estimate of drug-likeness (QED) is 0.755. The van der Waals surface area contributed by atoms with Crippen LogP contribution in [0.5, 0.6) is 0 Å². The fourth-order valence-electron chi connectivity index (χ4n) is 2.95. The summed E-state index contributed by atoms with van der Waals surface area (Å²) in [5.74, 6) is -0.858. The van der Waals surface area contributed by atoms with Crippen LogP contribution in [0.15, 0.2) is 24.5 Å². The number of anilines is 1. The molecule has 9 heteroatoms. The van der Waals surface area contributed by atoms with Crippen LogP contribution in [0, 0.1) is 23.7 Å². The van der Waals surface area contributed by atoms with Crippen LogP contribution in [0.3, 0.4) is 0 Å². The van der Waals surface area contributed by atoms with Crippen LogP contribution < -0.4 is 10.6 Å². The van der Waals surface area contributed by atoms with Crippen LogP contribution in [0.1, 0.15) is 65.9 Å². The third kappa shape index (κ3) is 5.21. The van der Waals surface area contributed by atoms with Gasteiger partial charge in [-0.05, 0) is 52.2 Å². The van der Waals surface area contributed by atoms with Gasteiger partial charge in [-0.1, -0.05) is 0 Å². The van der Waals surface area contributed by atoms with Crippen molar-refractivity contribution >= 4 is 17.5 Å². The second-order valence-corrected chi connectivity index (χ2v) is 8.01. The number of nitriles is 1. The number of rotatable bonds is 6. The molecule has 1 saturated heterocycles. The molecule has 0 radical (unpaired) electrons. The number of amides is 2. The summed E-state index contributed by atoms with van der Waals surface area (Å²) in [5, 5.41) is 19.0. The van der Waals surface area contributed by atoms with E-state index in [4.69, 9.17) is 4.74 Å². The van der Waals surface area contributed by atoms with E-state index in [0.717, 1.165) is 25.0 Å². The largest absolute Gasteiger partial charge is 0.357 e. The molecular weight excluding hydrogens is 384 g/mol. The van der Waals surface area contributed by atoms with E-state index in [2.05, 4.69) is 26.8 Å². The van der Waals surface area contributed by atoms with E-state index < -0.39 is 17.2 Å². The van der Waals surface area contributed by atoms with Crippen LogP contribution in [-0.4, -0.2) is 39.7 Å². The fraction of sp³-hybridized carbons (Fsp3) is 0.476. The number of aryl methyl sites for hydroxylation is 1. The molecule has 0 saturated carbocycles. The summed E-state index contributed by atoms with van der Waals surface area (Å²) in [5.41, 5.74) is 0.809. The van der Waals surface area contributed by atoms with Gasteiger partial charge in [0.1, 0.15) is 6.23 Å². The molecule has 3 heterocycles. The highest BCUT2D eigenvalue weighted by Gasteiger charge is 2.25. The topological polar surface area (TPSA) is 122 Å². The molecule has 2 aromatic heterocycles. The molecule has 1 fully saturated rings. The highest BCUT2D eigenvalue weighted by atomic mass is 16.5. The minimum absolute atomic E-state index is 0.0753. The van der Waals surface area contributed by atoms with E-state index in [-0.39, 0.29) is 24.2 Å². The maximum Gasteiger partial charge on any atom is 0.274 e. The van der Waals surface area contributed by atoms with E-state index in [1.54, 1.807) is 36.9 Å². The first-order valence-corrected chi connectivity index (χ1v) is 9.93. The summed E-state index contributed by atoms with van der Waals surface area (Å²) >= 11 is 0. The van der Waals surface area contributed by atoms with E-state index in [9.17, 15) is 14.9 Å². The summed E-state index contributed by atoms with van der Waals surface area (Å²) in [4.78, 5) is 29.6. The number of hydrogen-bond donors (Lipinski definition) is 2. The lowest BCUT2D eigenvalue weighted by Crippen LogP contribution is -2.34. The molecule has 1 atom stereocenters. The van der Waals surface area contributed by atoms with Gasteiger partial charge in [0.05, 0.1) is 28.9 Å². The first-order chi connectivity index (χ1) is 14.3. The van der Waals surface area contributed by atoms with Gasteiger partial charge in [-0.25, -0.2) is 4.68 Å². The van der Waals surface area contributed by atoms with E-state index in [1.807, 2.05) is 6.92 Å². The standard InChI is InChI=1S/C21H26N6O3/c1-14-7-8-15(10-23-14)19(28)25-16-11-27(17-6-4-5-9-30-17)26-18(16)20(29)24-13-21(2,3)12-22/h7-8,10-11,17H,4-6,9,13H2,1-3H3,(H,24,29)(H,25,28). The molecule has 1 unspecified atom stereocenters. The predicted octanol–water partition coefficient (Wildman–Crippen LogP) is 2.82. The lowest BCUT2D eigenvalue weighted by Gasteiger charge is -2.22. The summed E-state index contributed by atoms with van der Waals surface area (Å²) < 4.78 is 7.33. The molecule has 158 valence electrons. The molecule has 2 N–H and O–H groups in total. The molecule has 1 aliphatic rings. The molecule has 0 bridgehead atoms.